The normalized spacial score (nSPS) is 14.2. The standard InChI is InChI=1S/C25H28N6O3/c1-33-13-14-34-19-6-7-21-20(15-19)27-17-31(21)23-8-5-18-3-2-4-22(25(18)28-23)29-9-11-30(12-10-29)24(32)16-26/h2-8,15,17H,9-14,16,26H2,1H3. The summed E-state index contributed by atoms with van der Waals surface area (Å²) in [5, 5.41) is 1.07. The largest absolute Gasteiger partial charge is 0.491 e. The van der Waals surface area contributed by atoms with E-state index in [2.05, 4.69) is 28.1 Å². The molecule has 0 unspecified atom stereocenters. The van der Waals surface area contributed by atoms with E-state index in [1.165, 1.54) is 0 Å². The number of benzene rings is 2. The summed E-state index contributed by atoms with van der Waals surface area (Å²) in [7, 11) is 1.65. The topological polar surface area (TPSA) is 98.7 Å². The van der Waals surface area contributed by atoms with Crippen molar-refractivity contribution >= 4 is 33.5 Å². The number of imidazole rings is 1. The van der Waals surface area contributed by atoms with Gasteiger partial charge in [0.05, 0.1) is 35.4 Å². The van der Waals surface area contributed by atoms with Crippen LogP contribution in [0.3, 0.4) is 0 Å². The van der Waals surface area contributed by atoms with Gasteiger partial charge in [0, 0.05) is 44.7 Å². The lowest BCUT2D eigenvalue weighted by atomic mass is 10.1. The summed E-state index contributed by atoms with van der Waals surface area (Å²) in [6.07, 6.45) is 1.79. The second kappa shape index (κ2) is 9.66. The van der Waals surface area contributed by atoms with Gasteiger partial charge in [-0.3, -0.25) is 9.36 Å². The molecule has 2 N–H and O–H groups in total. The van der Waals surface area contributed by atoms with Crippen LogP contribution in [0.2, 0.25) is 0 Å². The van der Waals surface area contributed by atoms with Gasteiger partial charge in [0.15, 0.2) is 0 Å². The average Bonchev–Trinajstić information content (AvgIpc) is 3.31. The monoisotopic (exact) mass is 460 g/mol. The molecule has 2 aromatic heterocycles. The molecule has 1 amide bonds. The molecule has 9 heteroatoms. The molecule has 176 valence electrons. The van der Waals surface area contributed by atoms with Crippen LogP contribution >= 0.6 is 0 Å². The van der Waals surface area contributed by atoms with Crippen LogP contribution < -0.4 is 15.4 Å². The van der Waals surface area contributed by atoms with Crippen LogP contribution in [0, 0.1) is 0 Å². The van der Waals surface area contributed by atoms with Crippen LogP contribution in [-0.4, -0.2) is 78.4 Å². The van der Waals surface area contributed by atoms with Gasteiger partial charge in [0.2, 0.25) is 5.91 Å². The number of pyridine rings is 1. The fourth-order valence-corrected chi connectivity index (χ4v) is 4.34. The Morgan fingerprint density at radius 3 is 2.71 bits per heavy atom. The Bertz CT molecular complexity index is 1310. The van der Waals surface area contributed by atoms with E-state index in [9.17, 15) is 4.79 Å². The van der Waals surface area contributed by atoms with Crippen molar-refractivity contribution < 1.29 is 14.3 Å². The number of para-hydroxylation sites is 1. The average molecular weight is 461 g/mol. The first-order valence-corrected chi connectivity index (χ1v) is 11.4. The van der Waals surface area contributed by atoms with Crippen molar-refractivity contribution in [3.63, 3.8) is 0 Å². The third kappa shape index (κ3) is 4.27. The summed E-state index contributed by atoms with van der Waals surface area (Å²) in [5.41, 5.74) is 9.32. The Labute approximate surface area is 197 Å². The summed E-state index contributed by atoms with van der Waals surface area (Å²) >= 11 is 0. The number of carbonyl (C=O) groups is 1. The fourth-order valence-electron chi connectivity index (χ4n) is 4.34. The summed E-state index contributed by atoms with van der Waals surface area (Å²) in [6, 6.07) is 16.2. The number of fused-ring (bicyclic) bond motifs is 2. The van der Waals surface area contributed by atoms with Crippen molar-refractivity contribution in [3.8, 4) is 11.6 Å². The predicted molar refractivity (Wildman–Crippen MR) is 132 cm³/mol. The zero-order valence-electron chi connectivity index (χ0n) is 19.2. The molecule has 1 saturated heterocycles. The number of nitrogens with zero attached hydrogens (tertiary/aromatic N) is 5. The molecule has 0 saturated carbocycles. The highest BCUT2D eigenvalue weighted by Crippen LogP contribution is 2.29. The third-order valence-corrected chi connectivity index (χ3v) is 6.15. The summed E-state index contributed by atoms with van der Waals surface area (Å²) in [6.45, 7) is 3.90. The highest BCUT2D eigenvalue weighted by molar-refractivity contribution is 5.92. The summed E-state index contributed by atoms with van der Waals surface area (Å²) in [5.74, 6) is 1.56. The molecule has 0 aliphatic carbocycles. The maximum Gasteiger partial charge on any atom is 0.236 e. The third-order valence-electron chi connectivity index (χ3n) is 6.15. The number of methoxy groups -OCH3 is 1. The SMILES string of the molecule is COCCOc1ccc2c(c1)ncn2-c1ccc2cccc(N3CCN(C(=O)CN)CC3)c2n1. The molecule has 9 nitrogen and oxygen atoms in total. The lowest BCUT2D eigenvalue weighted by molar-refractivity contribution is -0.129. The highest BCUT2D eigenvalue weighted by atomic mass is 16.5. The summed E-state index contributed by atoms with van der Waals surface area (Å²) in [4.78, 5) is 25.6. The highest BCUT2D eigenvalue weighted by Gasteiger charge is 2.22. The molecule has 3 heterocycles. The molecule has 1 fully saturated rings. The summed E-state index contributed by atoms with van der Waals surface area (Å²) < 4.78 is 12.7. The number of aromatic nitrogens is 3. The predicted octanol–water partition coefficient (Wildman–Crippen LogP) is 2.21. The molecule has 34 heavy (non-hydrogen) atoms. The Kier molecular flexibility index (Phi) is 6.29. The maximum atomic E-state index is 11.9. The quantitative estimate of drug-likeness (QED) is 0.422. The van der Waals surface area contributed by atoms with E-state index in [0.717, 1.165) is 52.3 Å². The molecule has 4 aromatic rings. The van der Waals surface area contributed by atoms with E-state index in [4.69, 9.17) is 20.2 Å². The van der Waals surface area contributed by atoms with Gasteiger partial charge in [-0.15, -0.1) is 0 Å². The molecule has 5 rings (SSSR count). The van der Waals surface area contributed by atoms with Crippen LogP contribution in [0.4, 0.5) is 5.69 Å². The van der Waals surface area contributed by atoms with E-state index in [-0.39, 0.29) is 12.5 Å². The minimum absolute atomic E-state index is 0.00257. The van der Waals surface area contributed by atoms with E-state index < -0.39 is 0 Å². The van der Waals surface area contributed by atoms with Gasteiger partial charge in [-0.1, -0.05) is 12.1 Å². The van der Waals surface area contributed by atoms with E-state index in [1.54, 1.807) is 13.4 Å². The van der Waals surface area contributed by atoms with Gasteiger partial charge < -0.3 is 25.0 Å². The van der Waals surface area contributed by atoms with Gasteiger partial charge in [-0.25, -0.2) is 9.97 Å². The molecular weight excluding hydrogens is 432 g/mol. The molecule has 2 aromatic carbocycles. The minimum atomic E-state index is -0.00257. The lowest BCUT2D eigenvalue weighted by Crippen LogP contribution is -2.50. The van der Waals surface area contributed by atoms with Crippen LogP contribution in [0.15, 0.2) is 54.9 Å². The Balaban J connectivity index is 1.44. The minimum Gasteiger partial charge on any atom is -0.491 e. The number of hydrogen-bond donors (Lipinski definition) is 1. The molecule has 0 spiro atoms. The van der Waals surface area contributed by atoms with Crippen molar-refractivity contribution in [2.24, 2.45) is 5.73 Å². The van der Waals surface area contributed by atoms with E-state index in [0.29, 0.717) is 26.3 Å². The van der Waals surface area contributed by atoms with E-state index >= 15 is 0 Å². The van der Waals surface area contributed by atoms with Crippen molar-refractivity contribution in [1.82, 2.24) is 19.4 Å². The van der Waals surface area contributed by atoms with Gasteiger partial charge in [-0.2, -0.15) is 0 Å². The Hall–Kier alpha value is -3.69. The number of hydrogen-bond acceptors (Lipinski definition) is 7. The fraction of sp³-hybridized carbons (Fsp3) is 0.320. The number of piperazine rings is 1. The number of anilines is 1. The van der Waals surface area contributed by atoms with Crippen LogP contribution in [0.5, 0.6) is 5.75 Å². The van der Waals surface area contributed by atoms with E-state index in [1.807, 2.05) is 39.8 Å². The Morgan fingerprint density at radius 2 is 1.91 bits per heavy atom. The lowest BCUT2D eigenvalue weighted by Gasteiger charge is -2.36. The zero-order valence-corrected chi connectivity index (χ0v) is 19.2. The molecule has 1 aliphatic rings. The van der Waals surface area contributed by atoms with Crippen LogP contribution in [0.1, 0.15) is 0 Å². The second-order valence-electron chi connectivity index (χ2n) is 8.20. The molecule has 0 radical (unpaired) electrons. The molecular formula is C25H28N6O3. The molecule has 1 aliphatic heterocycles. The number of nitrogens with two attached hydrogens (primary N) is 1. The number of rotatable bonds is 7. The Morgan fingerprint density at radius 1 is 1.06 bits per heavy atom. The second-order valence-corrected chi connectivity index (χ2v) is 8.20. The smallest absolute Gasteiger partial charge is 0.236 e. The number of ether oxygens (including phenoxy) is 2. The van der Waals surface area contributed by atoms with Crippen molar-refractivity contribution in [3.05, 3.63) is 54.9 Å². The van der Waals surface area contributed by atoms with Gasteiger partial charge in [0.1, 0.15) is 24.5 Å². The molecule has 0 atom stereocenters. The van der Waals surface area contributed by atoms with Crippen LogP contribution in [-0.2, 0) is 9.53 Å². The van der Waals surface area contributed by atoms with Gasteiger partial charge in [0.25, 0.3) is 0 Å². The first-order chi connectivity index (χ1) is 16.7. The van der Waals surface area contributed by atoms with Gasteiger partial charge >= 0.3 is 0 Å². The molecule has 0 bridgehead atoms. The number of carbonyl (C=O) groups excluding carboxylic acids is 1. The first-order valence-electron chi connectivity index (χ1n) is 11.4. The van der Waals surface area contributed by atoms with Crippen molar-refractivity contribution in [2.75, 3.05) is 57.9 Å². The zero-order chi connectivity index (χ0) is 23.5. The van der Waals surface area contributed by atoms with Gasteiger partial charge in [-0.05, 0) is 30.3 Å². The van der Waals surface area contributed by atoms with Crippen molar-refractivity contribution in [2.45, 2.75) is 0 Å². The first kappa shape index (κ1) is 22.1. The van der Waals surface area contributed by atoms with Crippen LogP contribution in [0.25, 0.3) is 27.8 Å². The van der Waals surface area contributed by atoms with Crippen molar-refractivity contribution in [1.29, 1.82) is 0 Å². The maximum absolute atomic E-state index is 11.9. The number of amides is 1.